The number of nitrogens with zero attached hydrogens (tertiary/aromatic N) is 3. The number of aliphatic hydroxyl groups is 1. The lowest BCUT2D eigenvalue weighted by Gasteiger charge is -2.38. The Morgan fingerprint density at radius 1 is 1.32 bits per heavy atom. The van der Waals surface area contributed by atoms with Gasteiger partial charge in [0.25, 0.3) is 0 Å². The molecule has 0 spiro atoms. The van der Waals surface area contributed by atoms with E-state index in [2.05, 4.69) is 37.8 Å². The average Bonchev–Trinajstić information content (AvgIpc) is 3.01. The lowest BCUT2D eigenvalue weighted by atomic mass is 9.91. The van der Waals surface area contributed by atoms with Crippen molar-refractivity contribution in [1.29, 1.82) is 0 Å². The van der Waals surface area contributed by atoms with Crippen molar-refractivity contribution in [3.8, 4) is 0 Å². The molecule has 134 valence electrons. The largest absolute Gasteiger partial charge is 0.388 e. The average molecular weight is 345 g/mol. The van der Waals surface area contributed by atoms with E-state index in [-0.39, 0.29) is 12.6 Å². The monoisotopic (exact) mass is 345 g/mol. The van der Waals surface area contributed by atoms with E-state index in [1.165, 1.54) is 5.56 Å². The zero-order valence-electron chi connectivity index (χ0n) is 14.2. The quantitative estimate of drug-likeness (QED) is 0.759. The maximum absolute atomic E-state index is 11.8. The first kappa shape index (κ1) is 17.4. The van der Waals surface area contributed by atoms with Crippen LogP contribution >= 0.6 is 0 Å². The van der Waals surface area contributed by atoms with Crippen molar-refractivity contribution in [3.63, 3.8) is 0 Å². The summed E-state index contributed by atoms with van der Waals surface area (Å²) in [4.78, 5) is 18.0. The summed E-state index contributed by atoms with van der Waals surface area (Å²) < 4.78 is 4.82. The maximum atomic E-state index is 11.8. The number of aryl methyl sites for hydroxylation is 1. The van der Waals surface area contributed by atoms with Crippen LogP contribution < -0.4 is 10.6 Å². The highest BCUT2D eigenvalue weighted by atomic mass is 16.5. The molecule has 8 heteroatoms. The summed E-state index contributed by atoms with van der Waals surface area (Å²) in [6.45, 7) is 4.31. The number of amides is 2. The van der Waals surface area contributed by atoms with Gasteiger partial charge in [-0.15, -0.1) is 0 Å². The van der Waals surface area contributed by atoms with Gasteiger partial charge in [-0.25, -0.2) is 4.79 Å². The molecule has 2 aromatic rings. The zero-order chi connectivity index (χ0) is 17.7. The second-order valence-electron chi connectivity index (χ2n) is 6.44. The van der Waals surface area contributed by atoms with E-state index in [9.17, 15) is 9.90 Å². The number of urea groups is 1. The van der Waals surface area contributed by atoms with Gasteiger partial charge in [0, 0.05) is 26.2 Å². The summed E-state index contributed by atoms with van der Waals surface area (Å²) in [5.74, 6) is 0.444. The molecule has 0 radical (unpaired) electrons. The number of anilines is 1. The van der Waals surface area contributed by atoms with Crippen LogP contribution in [0.5, 0.6) is 0 Å². The molecule has 0 aliphatic carbocycles. The molecule has 3 rings (SSSR count). The van der Waals surface area contributed by atoms with Crippen LogP contribution in [0.2, 0.25) is 0 Å². The molecule has 2 amide bonds. The highest BCUT2D eigenvalue weighted by molar-refractivity contribution is 5.86. The van der Waals surface area contributed by atoms with Gasteiger partial charge in [-0.3, -0.25) is 10.2 Å². The molecular formula is C17H23N5O3. The minimum atomic E-state index is -0.894. The number of likely N-dealkylation sites (tertiary alicyclic amines) is 1. The van der Waals surface area contributed by atoms with Gasteiger partial charge in [0.15, 0.2) is 5.82 Å². The molecule has 25 heavy (non-hydrogen) atoms. The molecular weight excluding hydrogens is 322 g/mol. The van der Waals surface area contributed by atoms with Crippen LogP contribution in [0.4, 0.5) is 10.8 Å². The van der Waals surface area contributed by atoms with Crippen LogP contribution in [-0.2, 0) is 6.54 Å². The van der Waals surface area contributed by atoms with E-state index >= 15 is 0 Å². The molecule has 1 saturated heterocycles. The number of piperidine rings is 1. The Labute approximate surface area is 146 Å². The van der Waals surface area contributed by atoms with Gasteiger partial charge in [0.1, 0.15) is 0 Å². The van der Waals surface area contributed by atoms with Crippen LogP contribution in [0.3, 0.4) is 0 Å². The van der Waals surface area contributed by atoms with Gasteiger partial charge in [0.2, 0.25) is 0 Å². The van der Waals surface area contributed by atoms with Crippen molar-refractivity contribution >= 4 is 12.0 Å². The fourth-order valence-corrected chi connectivity index (χ4v) is 2.88. The fraction of sp³-hybridized carbons (Fsp3) is 0.471. The van der Waals surface area contributed by atoms with Gasteiger partial charge in [-0.05, 0) is 25.3 Å². The van der Waals surface area contributed by atoms with Crippen molar-refractivity contribution in [3.05, 3.63) is 41.7 Å². The van der Waals surface area contributed by atoms with Gasteiger partial charge >= 0.3 is 12.0 Å². The fourth-order valence-electron chi connectivity index (χ4n) is 2.88. The second kappa shape index (κ2) is 7.62. The second-order valence-corrected chi connectivity index (χ2v) is 6.44. The predicted molar refractivity (Wildman–Crippen MR) is 92.0 cm³/mol. The molecule has 8 nitrogen and oxygen atoms in total. The zero-order valence-corrected chi connectivity index (χ0v) is 14.2. The minimum Gasteiger partial charge on any atom is -0.388 e. The van der Waals surface area contributed by atoms with Gasteiger partial charge in [-0.1, -0.05) is 35.5 Å². The third kappa shape index (κ3) is 5.01. The summed E-state index contributed by atoms with van der Waals surface area (Å²) in [6.07, 6.45) is 1.22. The highest BCUT2D eigenvalue weighted by Gasteiger charge is 2.32. The summed E-state index contributed by atoms with van der Waals surface area (Å²) in [7, 11) is 0. The van der Waals surface area contributed by atoms with Crippen LogP contribution in [-0.4, -0.2) is 51.4 Å². The Balaban J connectivity index is 1.42. The first-order valence-electron chi connectivity index (χ1n) is 8.36. The van der Waals surface area contributed by atoms with Gasteiger partial charge in [0.05, 0.1) is 5.60 Å². The Morgan fingerprint density at radius 3 is 2.68 bits per heavy atom. The summed E-state index contributed by atoms with van der Waals surface area (Å²) in [6, 6.07) is 9.85. The number of carbonyl (C=O) groups is 1. The third-order valence-corrected chi connectivity index (χ3v) is 4.36. The maximum Gasteiger partial charge on any atom is 0.329 e. The van der Waals surface area contributed by atoms with Crippen LogP contribution in [0.25, 0.3) is 0 Å². The van der Waals surface area contributed by atoms with E-state index in [1.807, 2.05) is 18.2 Å². The van der Waals surface area contributed by atoms with Crippen LogP contribution in [0, 0.1) is 6.92 Å². The number of aromatic nitrogens is 2. The molecule has 0 bridgehead atoms. The number of benzene rings is 1. The first-order valence-corrected chi connectivity index (χ1v) is 8.36. The van der Waals surface area contributed by atoms with Gasteiger partial charge in [-0.2, -0.15) is 4.98 Å². The molecule has 0 atom stereocenters. The van der Waals surface area contributed by atoms with E-state index < -0.39 is 11.6 Å². The highest BCUT2D eigenvalue weighted by Crippen LogP contribution is 2.22. The first-order chi connectivity index (χ1) is 12.0. The Kier molecular flexibility index (Phi) is 5.30. The van der Waals surface area contributed by atoms with E-state index in [1.54, 1.807) is 6.92 Å². The molecule has 1 aromatic carbocycles. The number of nitrogens with one attached hydrogen (secondary N) is 2. The molecule has 2 heterocycles. The smallest absolute Gasteiger partial charge is 0.329 e. The molecule has 0 unspecified atom stereocenters. The summed E-state index contributed by atoms with van der Waals surface area (Å²) >= 11 is 0. The topological polar surface area (TPSA) is 104 Å². The van der Waals surface area contributed by atoms with Crippen LogP contribution in [0.15, 0.2) is 34.9 Å². The Hall–Kier alpha value is -2.45. The van der Waals surface area contributed by atoms with E-state index in [0.29, 0.717) is 18.7 Å². The van der Waals surface area contributed by atoms with Crippen molar-refractivity contribution in [2.45, 2.75) is 31.9 Å². The lowest BCUT2D eigenvalue weighted by molar-refractivity contribution is -0.0194. The number of carbonyl (C=O) groups excluding carboxylic acids is 1. The predicted octanol–water partition coefficient (Wildman–Crippen LogP) is 1.53. The number of hydrogen-bond acceptors (Lipinski definition) is 6. The molecule has 1 fully saturated rings. The molecule has 1 aliphatic heterocycles. The standard InChI is InChI=1S/C17H23N5O3/c1-13-19-16(25-21-13)20-15(23)18-12-17(24)7-9-22(10-8-17)11-14-5-3-2-4-6-14/h2-6,24H,7-12H2,1H3,(H2,18,19,20,21,23). The summed E-state index contributed by atoms with van der Waals surface area (Å²) in [5.41, 5.74) is 0.371. The molecule has 1 aromatic heterocycles. The molecule has 1 aliphatic rings. The van der Waals surface area contributed by atoms with E-state index in [4.69, 9.17) is 4.52 Å². The molecule has 3 N–H and O–H groups in total. The lowest BCUT2D eigenvalue weighted by Crippen LogP contribution is -2.51. The van der Waals surface area contributed by atoms with Crippen molar-refractivity contribution < 1.29 is 14.4 Å². The number of hydrogen-bond donors (Lipinski definition) is 3. The Morgan fingerprint density at radius 2 is 2.04 bits per heavy atom. The molecule has 0 saturated carbocycles. The number of rotatable bonds is 5. The van der Waals surface area contributed by atoms with Crippen molar-refractivity contribution in [2.24, 2.45) is 0 Å². The van der Waals surface area contributed by atoms with Crippen LogP contribution in [0.1, 0.15) is 24.2 Å². The van der Waals surface area contributed by atoms with E-state index in [0.717, 1.165) is 19.6 Å². The SMILES string of the molecule is Cc1noc(NC(=O)NCC2(O)CCN(Cc3ccccc3)CC2)n1. The van der Waals surface area contributed by atoms with Gasteiger partial charge < -0.3 is 14.9 Å². The minimum absolute atomic E-state index is 0.0414. The van der Waals surface area contributed by atoms with Crippen molar-refractivity contribution in [2.75, 3.05) is 25.0 Å². The summed E-state index contributed by atoms with van der Waals surface area (Å²) in [5, 5.41) is 19.4. The van der Waals surface area contributed by atoms with Crippen molar-refractivity contribution in [1.82, 2.24) is 20.4 Å². The normalized spacial score (nSPS) is 17.2. The Bertz CT molecular complexity index is 695. The third-order valence-electron chi connectivity index (χ3n) is 4.36.